The maximum Gasteiger partial charge on any atom is 0.222 e. The second-order valence-corrected chi connectivity index (χ2v) is 9.39. The highest BCUT2D eigenvalue weighted by molar-refractivity contribution is 6.31. The van der Waals surface area contributed by atoms with Crippen LogP contribution in [0.2, 0.25) is 5.02 Å². The van der Waals surface area contributed by atoms with Gasteiger partial charge in [-0.15, -0.1) is 0 Å². The van der Waals surface area contributed by atoms with Gasteiger partial charge in [0.2, 0.25) is 5.91 Å². The third kappa shape index (κ3) is 6.33. The van der Waals surface area contributed by atoms with Crippen LogP contribution in [0.5, 0.6) is 0 Å². The molecule has 0 aromatic heterocycles. The molecule has 0 spiro atoms. The zero-order chi connectivity index (χ0) is 23.1. The van der Waals surface area contributed by atoms with E-state index in [-0.39, 0.29) is 17.6 Å². The molecule has 1 amide bonds. The molecule has 0 saturated carbocycles. The van der Waals surface area contributed by atoms with E-state index in [1.54, 1.807) is 12.1 Å². The van der Waals surface area contributed by atoms with Crippen molar-refractivity contribution in [2.24, 2.45) is 5.92 Å². The summed E-state index contributed by atoms with van der Waals surface area (Å²) >= 11 is 6.33. The van der Waals surface area contributed by atoms with Gasteiger partial charge in [0, 0.05) is 19.5 Å². The summed E-state index contributed by atoms with van der Waals surface area (Å²) in [5.74, 6) is 0.852. The first-order valence-electron chi connectivity index (χ1n) is 11.6. The Hall–Kier alpha value is -2.38. The second kappa shape index (κ2) is 11.5. The van der Waals surface area contributed by atoms with Crippen LogP contribution in [-0.2, 0) is 11.2 Å². The summed E-state index contributed by atoms with van der Waals surface area (Å²) in [7, 11) is 0. The molecule has 1 saturated heterocycles. The van der Waals surface area contributed by atoms with Gasteiger partial charge in [-0.25, -0.2) is 4.39 Å². The van der Waals surface area contributed by atoms with Gasteiger partial charge in [0.1, 0.15) is 11.9 Å². The highest BCUT2D eigenvalue weighted by Crippen LogP contribution is 2.33. The largest absolute Gasteiger partial charge is 0.342 e. The van der Waals surface area contributed by atoms with Crippen LogP contribution >= 0.6 is 11.6 Å². The molecule has 1 unspecified atom stereocenters. The lowest BCUT2D eigenvalue weighted by Gasteiger charge is -2.21. The van der Waals surface area contributed by atoms with Gasteiger partial charge < -0.3 is 4.90 Å². The number of hydrogen-bond acceptors (Lipinski definition) is 2. The van der Waals surface area contributed by atoms with E-state index in [0.29, 0.717) is 22.9 Å². The van der Waals surface area contributed by atoms with Crippen molar-refractivity contribution in [1.29, 1.82) is 5.26 Å². The summed E-state index contributed by atoms with van der Waals surface area (Å²) in [4.78, 5) is 14.2. The molecule has 2 atom stereocenters. The van der Waals surface area contributed by atoms with Crippen molar-refractivity contribution >= 4 is 17.5 Å². The fourth-order valence-corrected chi connectivity index (χ4v) is 4.93. The number of carbonyl (C=O) groups excluding carboxylic acids is 1. The van der Waals surface area contributed by atoms with Crippen LogP contribution in [0.4, 0.5) is 4.39 Å². The van der Waals surface area contributed by atoms with Crippen LogP contribution in [0.3, 0.4) is 0 Å². The van der Waals surface area contributed by atoms with Crippen LogP contribution < -0.4 is 0 Å². The van der Waals surface area contributed by atoms with Crippen molar-refractivity contribution in [2.45, 2.75) is 64.7 Å². The average Bonchev–Trinajstić information content (AvgIpc) is 3.25. The molecule has 32 heavy (non-hydrogen) atoms. The Balaban J connectivity index is 1.69. The monoisotopic (exact) mass is 454 g/mol. The lowest BCUT2D eigenvalue weighted by Crippen LogP contribution is -2.28. The standard InChI is InChI=1S/C27H32ClFN2O/c1-3-4-27(32)31-14-13-20(18-31)6-7-21(23-10-11-24(17-30)26(28)16-23)8-9-22-15-25(29)12-5-19(22)2/h5,10-12,15-16,20-21H,3-4,6-9,13-14,18H2,1-2H3/t20-,21?/m0/s1. The van der Waals surface area contributed by atoms with Gasteiger partial charge in [-0.2, -0.15) is 5.26 Å². The van der Waals surface area contributed by atoms with Gasteiger partial charge in [-0.05, 0) is 98.2 Å². The number of nitrogens with zero attached hydrogens (tertiary/aromatic N) is 2. The van der Waals surface area contributed by atoms with Gasteiger partial charge in [-0.1, -0.05) is 30.7 Å². The minimum Gasteiger partial charge on any atom is -0.342 e. The van der Waals surface area contributed by atoms with Crippen molar-refractivity contribution in [2.75, 3.05) is 13.1 Å². The molecule has 2 aromatic rings. The molecule has 0 aliphatic carbocycles. The first kappa shape index (κ1) is 24.3. The number of aryl methyl sites for hydroxylation is 2. The number of hydrogen-bond donors (Lipinski definition) is 0. The quantitative estimate of drug-likeness (QED) is 0.418. The van der Waals surface area contributed by atoms with Gasteiger partial charge in [0.05, 0.1) is 10.6 Å². The van der Waals surface area contributed by atoms with E-state index in [1.807, 2.05) is 36.9 Å². The topological polar surface area (TPSA) is 44.1 Å². The van der Waals surface area contributed by atoms with Crippen LogP contribution in [0, 0.1) is 30.0 Å². The van der Waals surface area contributed by atoms with Crippen LogP contribution in [-0.4, -0.2) is 23.9 Å². The third-order valence-electron chi connectivity index (χ3n) is 6.68. The van der Waals surface area contributed by atoms with Crippen LogP contribution in [0.25, 0.3) is 0 Å². The van der Waals surface area contributed by atoms with Gasteiger partial charge in [0.15, 0.2) is 0 Å². The molecule has 0 radical (unpaired) electrons. The van der Waals surface area contributed by atoms with Gasteiger partial charge in [0.25, 0.3) is 0 Å². The molecule has 3 rings (SSSR count). The SMILES string of the molecule is CCCC(=O)N1CC[C@H](CCC(CCc2cc(F)ccc2C)c2ccc(C#N)c(Cl)c2)C1. The lowest BCUT2D eigenvalue weighted by atomic mass is 9.85. The minimum atomic E-state index is -0.202. The Morgan fingerprint density at radius 3 is 2.81 bits per heavy atom. The molecule has 1 heterocycles. The summed E-state index contributed by atoms with van der Waals surface area (Å²) in [6, 6.07) is 12.8. The molecule has 1 aliphatic heterocycles. The molecular weight excluding hydrogens is 423 g/mol. The molecule has 0 bridgehead atoms. The Kier molecular flexibility index (Phi) is 8.70. The molecule has 1 aliphatic rings. The lowest BCUT2D eigenvalue weighted by molar-refractivity contribution is -0.130. The average molecular weight is 455 g/mol. The van der Waals surface area contributed by atoms with Crippen molar-refractivity contribution in [1.82, 2.24) is 4.90 Å². The number of amides is 1. The molecular formula is C27H32ClFN2O. The first-order chi connectivity index (χ1) is 15.4. The third-order valence-corrected chi connectivity index (χ3v) is 7.00. The van der Waals surface area contributed by atoms with Gasteiger partial charge in [-0.3, -0.25) is 4.79 Å². The molecule has 1 fully saturated rings. The summed E-state index contributed by atoms with van der Waals surface area (Å²) < 4.78 is 13.8. The van der Waals surface area contributed by atoms with E-state index in [2.05, 4.69) is 6.07 Å². The van der Waals surface area contributed by atoms with E-state index >= 15 is 0 Å². The van der Waals surface area contributed by atoms with E-state index in [9.17, 15) is 14.4 Å². The zero-order valence-electron chi connectivity index (χ0n) is 19.0. The predicted octanol–water partition coefficient (Wildman–Crippen LogP) is 6.80. The molecule has 2 aromatic carbocycles. The predicted molar refractivity (Wildman–Crippen MR) is 127 cm³/mol. The van der Waals surface area contributed by atoms with Crippen molar-refractivity contribution < 1.29 is 9.18 Å². The Bertz CT molecular complexity index is 984. The van der Waals surface area contributed by atoms with Crippen molar-refractivity contribution in [3.05, 3.63) is 69.5 Å². The first-order valence-corrected chi connectivity index (χ1v) is 12.0. The fraction of sp³-hybridized carbons (Fsp3) is 0.481. The maximum absolute atomic E-state index is 13.8. The number of rotatable bonds is 9. The Morgan fingerprint density at radius 1 is 1.28 bits per heavy atom. The summed E-state index contributed by atoms with van der Waals surface area (Å²) in [6.45, 7) is 5.77. The highest BCUT2D eigenvalue weighted by Gasteiger charge is 2.26. The number of carbonyl (C=O) groups is 1. The van der Waals surface area contributed by atoms with Crippen molar-refractivity contribution in [3.63, 3.8) is 0 Å². The van der Waals surface area contributed by atoms with Crippen molar-refractivity contribution in [3.8, 4) is 6.07 Å². The Labute approximate surface area is 196 Å². The second-order valence-electron chi connectivity index (χ2n) is 8.98. The highest BCUT2D eigenvalue weighted by atomic mass is 35.5. The summed E-state index contributed by atoms with van der Waals surface area (Å²) in [6.07, 6.45) is 6.28. The molecule has 0 N–H and O–H groups in total. The van der Waals surface area contributed by atoms with Crippen LogP contribution in [0.15, 0.2) is 36.4 Å². The summed E-state index contributed by atoms with van der Waals surface area (Å²) in [5.41, 5.74) is 3.74. The number of likely N-dealkylation sites (tertiary alicyclic amines) is 1. The number of nitriles is 1. The molecule has 5 heteroatoms. The number of halogens is 2. The number of benzene rings is 2. The van der Waals surface area contributed by atoms with E-state index in [1.165, 1.54) is 6.07 Å². The van der Waals surface area contributed by atoms with Gasteiger partial charge >= 0.3 is 0 Å². The minimum absolute atomic E-state index is 0.202. The summed E-state index contributed by atoms with van der Waals surface area (Å²) in [5, 5.41) is 9.69. The fourth-order valence-electron chi connectivity index (χ4n) is 4.70. The maximum atomic E-state index is 13.8. The Morgan fingerprint density at radius 2 is 2.09 bits per heavy atom. The normalized spacial score (nSPS) is 16.7. The van der Waals surface area contributed by atoms with E-state index in [4.69, 9.17) is 11.6 Å². The van der Waals surface area contributed by atoms with Crippen LogP contribution in [0.1, 0.15) is 73.6 Å². The molecule has 3 nitrogen and oxygen atoms in total. The molecule has 170 valence electrons. The smallest absolute Gasteiger partial charge is 0.222 e. The van der Waals surface area contributed by atoms with E-state index in [0.717, 1.165) is 68.3 Å². The van der Waals surface area contributed by atoms with E-state index < -0.39 is 0 Å². The zero-order valence-corrected chi connectivity index (χ0v) is 19.8.